The zero-order valence-electron chi connectivity index (χ0n) is 6.80. The number of carbonyl (C=O) groups excluding carboxylic acids is 2. The van der Waals surface area contributed by atoms with Crippen LogP contribution < -0.4 is 10.6 Å². The molecular formula is C6H12N2O3. The van der Waals surface area contributed by atoms with Crippen LogP contribution in [0.1, 0.15) is 6.92 Å². The van der Waals surface area contributed by atoms with Gasteiger partial charge >= 0.3 is 12.0 Å². The van der Waals surface area contributed by atoms with Crippen LogP contribution in [0.3, 0.4) is 0 Å². The number of hydrogen-bond acceptors (Lipinski definition) is 3. The highest BCUT2D eigenvalue weighted by atomic mass is 16.5. The van der Waals surface area contributed by atoms with Crippen molar-refractivity contribution in [2.24, 2.45) is 0 Å². The molecule has 0 aliphatic carbocycles. The predicted octanol–water partition coefficient (Wildman–Crippen LogP) is -0.523. The molecule has 2 amide bonds. The topological polar surface area (TPSA) is 67.4 Å². The Balaban J connectivity index is 3.77. The van der Waals surface area contributed by atoms with Crippen LogP contribution in [0.2, 0.25) is 0 Å². The van der Waals surface area contributed by atoms with Crippen LogP contribution in [0.25, 0.3) is 0 Å². The number of amides is 2. The van der Waals surface area contributed by atoms with Crippen molar-refractivity contribution in [3.05, 3.63) is 0 Å². The van der Waals surface area contributed by atoms with Crippen LogP contribution in [0.5, 0.6) is 0 Å². The Morgan fingerprint density at radius 1 is 1.45 bits per heavy atom. The maximum atomic E-state index is 10.7. The average molecular weight is 160 g/mol. The van der Waals surface area contributed by atoms with E-state index < -0.39 is 18.0 Å². The number of esters is 1. The van der Waals surface area contributed by atoms with Gasteiger partial charge in [0.2, 0.25) is 0 Å². The van der Waals surface area contributed by atoms with Crippen LogP contribution in [0.15, 0.2) is 0 Å². The Hall–Kier alpha value is -1.26. The Labute approximate surface area is 65.1 Å². The summed E-state index contributed by atoms with van der Waals surface area (Å²) in [5, 5.41) is 4.67. The molecule has 0 aliphatic heterocycles. The largest absolute Gasteiger partial charge is 0.467 e. The molecule has 0 heterocycles. The van der Waals surface area contributed by atoms with Crippen molar-refractivity contribution in [1.29, 1.82) is 0 Å². The molecule has 2 N–H and O–H groups in total. The third-order valence-corrected chi connectivity index (χ3v) is 1.13. The zero-order chi connectivity index (χ0) is 8.85. The van der Waals surface area contributed by atoms with Gasteiger partial charge in [-0.25, -0.2) is 9.59 Å². The molecule has 5 nitrogen and oxygen atoms in total. The Morgan fingerprint density at radius 2 is 2.00 bits per heavy atom. The molecule has 0 aliphatic rings. The minimum absolute atomic E-state index is 0.400. The first-order valence-electron chi connectivity index (χ1n) is 3.18. The summed E-state index contributed by atoms with van der Waals surface area (Å²) in [6, 6.07) is -1.01. The summed E-state index contributed by atoms with van der Waals surface area (Å²) in [6.45, 7) is 1.54. The lowest BCUT2D eigenvalue weighted by atomic mass is 10.3. The fourth-order valence-electron chi connectivity index (χ4n) is 0.505. The second kappa shape index (κ2) is 4.54. The quantitative estimate of drug-likeness (QED) is 0.534. The molecule has 0 aromatic heterocycles. The lowest BCUT2D eigenvalue weighted by Crippen LogP contribution is -2.43. The van der Waals surface area contributed by atoms with Crippen molar-refractivity contribution in [2.45, 2.75) is 13.0 Å². The zero-order valence-corrected chi connectivity index (χ0v) is 6.80. The highest BCUT2D eigenvalue weighted by Crippen LogP contribution is 1.84. The number of hydrogen-bond donors (Lipinski definition) is 2. The molecule has 0 spiro atoms. The summed E-state index contributed by atoms with van der Waals surface area (Å²) in [6.07, 6.45) is 0. The molecule has 1 unspecified atom stereocenters. The number of carbonyl (C=O) groups is 2. The van der Waals surface area contributed by atoms with Gasteiger partial charge in [0.1, 0.15) is 6.04 Å². The number of methoxy groups -OCH3 is 1. The second-order valence-electron chi connectivity index (χ2n) is 1.97. The van der Waals surface area contributed by atoms with E-state index in [1.165, 1.54) is 14.2 Å². The Bertz CT molecular complexity index is 158. The first-order valence-corrected chi connectivity index (χ1v) is 3.18. The molecule has 64 valence electrons. The van der Waals surface area contributed by atoms with Gasteiger partial charge in [0.05, 0.1) is 7.11 Å². The first-order chi connectivity index (χ1) is 5.11. The number of rotatable bonds is 2. The minimum Gasteiger partial charge on any atom is -0.467 e. The van der Waals surface area contributed by atoms with Crippen LogP contribution >= 0.6 is 0 Å². The van der Waals surface area contributed by atoms with Crippen molar-refractivity contribution in [1.82, 2.24) is 10.6 Å². The van der Waals surface area contributed by atoms with Gasteiger partial charge in [-0.3, -0.25) is 0 Å². The van der Waals surface area contributed by atoms with E-state index in [0.29, 0.717) is 0 Å². The van der Waals surface area contributed by atoms with Crippen LogP contribution in [-0.4, -0.2) is 32.2 Å². The predicted molar refractivity (Wildman–Crippen MR) is 39.1 cm³/mol. The van der Waals surface area contributed by atoms with Crippen LogP contribution in [-0.2, 0) is 9.53 Å². The van der Waals surface area contributed by atoms with Crippen molar-refractivity contribution in [3.63, 3.8) is 0 Å². The summed E-state index contributed by atoms with van der Waals surface area (Å²) in [4.78, 5) is 21.3. The molecule has 0 rings (SSSR count). The maximum absolute atomic E-state index is 10.7. The fourth-order valence-corrected chi connectivity index (χ4v) is 0.505. The SMILES string of the molecule is CNC(=O)NC(C)C(=O)OC. The highest BCUT2D eigenvalue weighted by molar-refractivity contribution is 5.82. The molecule has 5 heteroatoms. The second-order valence-corrected chi connectivity index (χ2v) is 1.97. The smallest absolute Gasteiger partial charge is 0.328 e. The van der Waals surface area contributed by atoms with Gasteiger partial charge in [-0.15, -0.1) is 0 Å². The van der Waals surface area contributed by atoms with Crippen LogP contribution in [0.4, 0.5) is 4.79 Å². The summed E-state index contributed by atoms with van der Waals surface area (Å²) in [5.74, 6) is -0.464. The monoisotopic (exact) mass is 160 g/mol. The third-order valence-electron chi connectivity index (χ3n) is 1.13. The lowest BCUT2D eigenvalue weighted by molar-refractivity contribution is -0.142. The summed E-state index contributed by atoms with van der Waals surface area (Å²) < 4.78 is 4.38. The highest BCUT2D eigenvalue weighted by Gasteiger charge is 2.13. The van der Waals surface area contributed by atoms with Crippen LogP contribution in [0, 0.1) is 0 Å². The molecule has 1 atom stereocenters. The van der Waals surface area contributed by atoms with Gasteiger partial charge in [-0.2, -0.15) is 0 Å². The third kappa shape index (κ3) is 3.44. The summed E-state index contributed by atoms with van der Waals surface area (Å²) in [7, 11) is 2.74. The van der Waals surface area contributed by atoms with E-state index >= 15 is 0 Å². The molecule has 11 heavy (non-hydrogen) atoms. The van der Waals surface area contributed by atoms with E-state index in [4.69, 9.17) is 0 Å². The summed E-state index contributed by atoms with van der Waals surface area (Å²) in [5.41, 5.74) is 0. The van der Waals surface area contributed by atoms with Crippen molar-refractivity contribution in [3.8, 4) is 0 Å². The van der Waals surface area contributed by atoms with Gasteiger partial charge in [-0.1, -0.05) is 0 Å². The Morgan fingerprint density at radius 3 is 2.36 bits per heavy atom. The standard InChI is InChI=1S/C6H12N2O3/c1-4(5(9)11-3)8-6(10)7-2/h4H,1-3H3,(H2,7,8,10). The molecule has 0 saturated carbocycles. The number of urea groups is 1. The van der Waals surface area contributed by atoms with E-state index in [9.17, 15) is 9.59 Å². The maximum Gasteiger partial charge on any atom is 0.328 e. The molecule has 0 aromatic rings. The van der Waals surface area contributed by atoms with Gasteiger partial charge in [0, 0.05) is 7.05 Å². The molecule has 0 aromatic carbocycles. The Kier molecular flexibility index (Phi) is 4.02. The molecule has 0 bridgehead atoms. The van der Waals surface area contributed by atoms with Crippen molar-refractivity contribution in [2.75, 3.05) is 14.2 Å². The number of nitrogens with one attached hydrogen (secondary N) is 2. The summed E-state index contributed by atoms with van der Waals surface area (Å²) >= 11 is 0. The molecule has 0 saturated heterocycles. The molecule has 0 radical (unpaired) electrons. The van der Waals surface area contributed by atoms with Crippen molar-refractivity contribution < 1.29 is 14.3 Å². The minimum atomic E-state index is -0.611. The van der Waals surface area contributed by atoms with E-state index in [-0.39, 0.29) is 0 Å². The number of ether oxygens (including phenoxy) is 1. The van der Waals surface area contributed by atoms with Gasteiger partial charge in [-0.05, 0) is 6.92 Å². The van der Waals surface area contributed by atoms with E-state index in [1.807, 2.05) is 0 Å². The van der Waals surface area contributed by atoms with E-state index in [2.05, 4.69) is 15.4 Å². The van der Waals surface area contributed by atoms with Gasteiger partial charge < -0.3 is 15.4 Å². The average Bonchev–Trinajstić information content (AvgIpc) is 2.02. The first kappa shape index (κ1) is 9.74. The molecule has 0 fully saturated rings. The van der Waals surface area contributed by atoms with Gasteiger partial charge in [0.25, 0.3) is 0 Å². The van der Waals surface area contributed by atoms with Crippen molar-refractivity contribution >= 4 is 12.0 Å². The van der Waals surface area contributed by atoms with E-state index in [0.717, 1.165) is 0 Å². The van der Waals surface area contributed by atoms with Gasteiger partial charge in [0.15, 0.2) is 0 Å². The fraction of sp³-hybridized carbons (Fsp3) is 0.667. The lowest BCUT2D eigenvalue weighted by Gasteiger charge is -2.09. The molecular weight excluding hydrogens is 148 g/mol. The van der Waals surface area contributed by atoms with E-state index in [1.54, 1.807) is 6.92 Å². The normalized spacial score (nSPS) is 11.5.